The molecule has 1 aliphatic carbocycles. The zero-order valence-corrected chi connectivity index (χ0v) is 11.0. The molecule has 3 aliphatic rings. The predicted molar refractivity (Wildman–Crippen MR) is 69.2 cm³/mol. The summed E-state index contributed by atoms with van der Waals surface area (Å²) < 4.78 is 5.31. The van der Waals surface area contributed by atoms with Gasteiger partial charge in [0.2, 0.25) is 5.91 Å². The first-order valence-electron chi connectivity index (χ1n) is 7.42. The minimum atomic E-state index is 0.193. The number of carbonyl (C=O) groups is 1. The zero-order chi connectivity index (χ0) is 12.4. The third-order valence-corrected chi connectivity index (χ3v) is 4.89. The first-order valence-corrected chi connectivity index (χ1v) is 7.42. The lowest BCUT2D eigenvalue weighted by Gasteiger charge is -2.33. The van der Waals surface area contributed by atoms with E-state index < -0.39 is 0 Å². The van der Waals surface area contributed by atoms with Crippen molar-refractivity contribution in [1.82, 2.24) is 10.6 Å². The Morgan fingerprint density at radius 3 is 2.67 bits per heavy atom. The number of hydrogen-bond acceptors (Lipinski definition) is 3. The number of amides is 1. The van der Waals surface area contributed by atoms with Gasteiger partial charge >= 0.3 is 0 Å². The van der Waals surface area contributed by atoms with Crippen LogP contribution in [0.25, 0.3) is 0 Å². The van der Waals surface area contributed by atoms with Gasteiger partial charge in [-0.05, 0) is 57.0 Å². The van der Waals surface area contributed by atoms with Crippen LogP contribution in [0.5, 0.6) is 0 Å². The van der Waals surface area contributed by atoms with E-state index in [1.54, 1.807) is 0 Å². The van der Waals surface area contributed by atoms with Crippen molar-refractivity contribution < 1.29 is 9.53 Å². The second-order valence-corrected chi connectivity index (χ2v) is 6.08. The Bertz CT molecular complexity index is 302. The van der Waals surface area contributed by atoms with Crippen molar-refractivity contribution in [2.24, 2.45) is 17.8 Å². The Morgan fingerprint density at radius 2 is 1.83 bits per heavy atom. The first kappa shape index (κ1) is 12.4. The molecule has 0 bridgehead atoms. The van der Waals surface area contributed by atoms with Crippen LogP contribution < -0.4 is 10.6 Å². The van der Waals surface area contributed by atoms with Gasteiger partial charge in [0.25, 0.3) is 0 Å². The fourth-order valence-electron chi connectivity index (χ4n) is 3.71. The lowest BCUT2D eigenvalue weighted by atomic mass is 9.79. The number of hydrogen-bond donors (Lipinski definition) is 2. The Hall–Kier alpha value is -0.610. The molecule has 102 valence electrons. The Balaban J connectivity index is 1.48. The fraction of sp³-hybridized carbons (Fsp3) is 0.929. The second kappa shape index (κ2) is 5.57. The van der Waals surface area contributed by atoms with Crippen molar-refractivity contribution in [3.63, 3.8) is 0 Å². The SMILES string of the molecule is O=C(NC1CC[C@H]2CNC[C@H]2C1)C1CCOCC1. The molecule has 3 rings (SSSR count). The summed E-state index contributed by atoms with van der Waals surface area (Å²) in [5.74, 6) is 2.12. The minimum absolute atomic E-state index is 0.193. The van der Waals surface area contributed by atoms with Gasteiger partial charge in [-0.2, -0.15) is 0 Å². The largest absolute Gasteiger partial charge is 0.381 e. The Labute approximate surface area is 109 Å². The van der Waals surface area contributed by atoms with Crippen molar-refractivity contribution in [3.8, 4) is 0 Å². The summed E-state index contributed by atoms with van der Waals surface area (Å²) in [5, 5.41) is 6.75. The Morgan fingerprint density at radius 1 is 1.06 bits per heavy atom. The van der Waals surface area contributed by atoms with Crippen molar-refractivity contribution in [2.45, 2.75) is 38.1 Å². The molecule has 0 aromatic heterocycles. The van der Waals surface area contributed by atoms with E-state index in [4.69, 9.17) is 4.74 Å². The molecular weight excluding hydrogens is 228 g/mol. The van der Waals surface area contributed by atoms with Crippen LogP contribution in [-0.2, 0) is 9.53 Å². The van der Waals surface area contributed by atoms with Crippen LogP contribution in [0.4, 0.5) is 0 Å². The summed E-state index contributed by atoms with van der Waals surface area (Å²) in [6, 6.07) is 0.418. The lowest BCUT2D eigenvalue weighted by Crippen LogP contribution is -2.44. The van der Waals surface area contributed by atoms with Crippen LogP contribution in [0.15, 0.2) is 0 Å². The maximum atomic E-state index is 12.2. The molecule has 18 heavy (non-hydrogen) atoms. The van der Waals surface area contributed by atoms with Crippen LogP contribution in [0.3, 0.4) is 0 Å². The quantitative estimate of drug-likeness (QED) is 0.768. The maximum absolute atomic E-state index is 12.2. The van der Waals surface area contributed by atoms with Crippen LogP contribution in [0.2, 0.25) is 0 Å². The zero-order valence-electron chi connectivity index (χ0n) is 11.0. The molecule has 0 aromatic carbocycles. The van der Waals surface area contributed by atoms with E-state index in [0.29, 0.717) is 6.04 Å². The number of nitrogens with one attached hydrogen (secondary N) is 2. The molecule has 2 aliphatic heterocycles. The van der Waals surface area contributed by atoms with Crippen molar-refractivity contribution in [3.05, 3.63) is 0 Å². The molecule has 3 atom stereocenters. The Kier molecular flexibility index (Phi) is 3.85. The van der Waals surface area contributed by atoms with Gasteiger partial charge in [-0.3, -0.25) is 4.79 Å². The number of ether oxygens (including phenoxy) is 1. The van der Waals surface area contributed by atoms with Gasteiger partial charge in [0.1, 0.15) is 0 Å². The highest BCUT2D eigenvalue weighted by Gasteiger charge is 2.35. The number of fused-ring (bicyclic) bond motifs is 1. The molecule has 4 heteroatoms. The topological polar surface area (TPSA) is 50.4 Å². The highest BCUT2D eigenvalue weighted by Crippen LogP contribution is 2.32. The highest BCUT2D eigenvalue weighted by atomic mass is 16.5. The maximum Gasteiger partial charge on any atom is 0.223 e. The summed E-state index contributed by atoms with van der Waals surface area (Å²) >= 11 is 0. The summed E-state index contributed by atoms with van der Waals surface area (Å²) in [5.41, 5.74) is 0. The van der Waals surface area contributed by atoms with Gasteiger partial charge in [-0.15, -0.1) is 0 Å². The third kappa shape index (κ3) is 2.69. The van der Waals surface area contributed by atoms with Crippen LogP contribution in [-0.4, -0.2) is 38.3 Å². The normalized spacial score (nSPS) is 37.2. The molecule has 3 fully saturated rings. The minimum Gasteiger partial charge on any atom is -0.381 e. The van der Waals surface area contributed by atoms with Gasteiger partial charge in [0.15, 0.2) is 0 Å². The summed E-state index contributed by atoms with van der Waals surface area (Å²) in [6.07, 6.45) is 5.40. The summed E-state index contributed by atoms with van der Waals surface area (Å²) in [7, 11) is 0. The molecule has 0 aromatic rings. The smallest absolute Gasteiger partial charge is 0.223 e. The molecule has 1 amide bonds. The van der Waals surface area contributed by atoms with E-state index in [9.17, 15) is 4.79 Å². The number of carbonyl (C=O) groups excluding carboxylic acids is 1. The molecule has 2 saturated heterocycles. The van der Waals surface area contributed by atoms with E-state index in [1.165, 1.54) is 19.4 Å². The summed E-state index contributed by atoms with van der Waals surface area (Å²) in [4.78, 5) is 12.2. The fourth-order valence-corrected chi connectivity index (χ4v) is 3.71. The average Bonchev–Trinajstić information content (AvgIpc) is 2.87. The highest BCUT2D eigenvalue weighted by molar-refractivity contribution is 5.79. The van der Waals surface area contributed by atoms with Crippen molar-refractivity contribution in [1.29, 1.82) is 0 Å². The van der Waals surface area contributed by atoms with Crippen molar-refractivity contribution >= 4 is 5.91 Å². The van der Waals surface area contributed by atoms with E-state index >= 15 is 0 Å². The van der Waals surface area contributed by atoms with Gasteiger partial charge in [0, 0.05) is 25.2 Å². The monoisotopic (exact) mass is 252 g/mol. The van der Waals surface area contributed by atoms with E-state index in [2.05, 4.69) is 10.6 Å². The molecule has 1 unspecified atom stereocenters. The van der Waals surface area contributed by atoms with Crippen LogP contribution in [0.1, 0.15) is 32.1 Å². The average molecular weight is 252 g/mol. The number of rotatable bonds is 2. The second-order valence-electron chi connectivity index (χ2n) is 6.08. The standard InChI is InChI=1S/C14H24N2O2/c17-14(10-3-5-18-6-4-10)16-13-2-1-11-8-15-9-12(11)7-13/h10-13,15H,1-9H2,(H,16,17)/t11-,12+,13?/m0/s1. The summed E-state index contributed by atoms with van der Waals surface area (Å²) in [6.45, 7) is 3.83. The van der Waals surface area contributed by atoms with Gasteiger partial charge in [0.05, 0.1) is 0 Å². The lowest BCUT2D eigenvalue weighted by molar-refractivity contribution is -0.128. The molecular formula is C14H24N2O2. The van der Waals surface area contributed by atoms with E-state index in [-0.39, 0.29) is 11.8 Å². The molecule has 0 spiro atoms. The van der Waals surface area contributed by atoms with Gasteiger partial charge in [-0.1, -0.05) is 0 Å². The molecule has 4 nitrogen and oxygen atoms in total. The van der Waals surface area contributed by atoms with E-state index in [1.807, 2.05) is 0 Å². The predicted octanol–water partition coefficient (Wildman–Crippen LogP) is 0.917. The van der Waals surface area contributed by atoms with Crippen molar-refractivity contribution in [2.75, 3.05) is 26.3 Å². The molecule has 2 N–H and O–H groups in total. The molecule has 2 heterocycles. The third-order valence-electron chi connectivity index (χ3n) is 4.89. The van der Waals surface area contributed by atoms with Gasteiger partial charge < -0.3 is 15.4 Å². The molecule has 1 saturated carbocycles. The first-order chi connectivity index (χ1) is 8.83. The van der Waals surface area contributed by atoms with Crippen LogP contribution in [0, 0.1) is 17.8 Å². The van der Waals surface area contributed by atoms with E-state index in [0.717, 1.165) is 50.9 Å². The molecule has 0 radical (unpaired) electrons. The van der Waals surface area contributed by atoms with Gasteiger partial charge in [-0.25, -0.2) is 0 Å². The van der Waals surface area contributed by atoms with Crippen LogP contribution >= 0.6 is 0 Å².